The molecule has 2 rings (SSSR count). The number of carbonyl (C=O) groups is 1. The number of nitrogens with one attached hydrogen (secondary N) is 2. The standard InChI is InChI=1S/C13H14N4O4S/c1-9(18)16-10-3-5-11(6-4-10)22(19,20)17-12-7-13(21-2)15-8-14-12/h3-8H,1-2H3,(H,16,18)(H,14,15,17)/i3D,4D,5D,6D. The number of ether oxygens (including phenoxy) is 1. The van der Waals surface area contributed by atoms with Gasteiger partial charge in [0, 0.05) is 18.7 Å². The van der Waals surface area contributed by atoms with Crippen LogP contribution in [0.25, 0.3) is 0 Å². The van der Waals surface area contributed by atoms with Gasteiger partial charge in [0.25, 0.3) is 10.0 Å². The van der Waals surface area contributed by atoms with Gasteiger partial charge >= 0.3 is 0 Å². The molecule has 2 aromatic rings. The summed E-state index contributed by atoms with van der Waals surface area (Å²) in [6.45, 7) is 1.13. The Bertz CT molecular complexity index is 955. The van der Waals surface area contributed by atoms with E-state index in [1.54, 1.807) is 0 Å². The Balaban J connectivity index is 2.57. The minimum atomic E-state index is -4.51. The second-order valence-electron chi connectivity index (χ2n) is 3.94. The number of benzene rings is 1. The first-order valence-electron chi connectivity index (χ1n) is 7.85. The van der Waals surface area contributed by atoms with Crippen molar-refractivity contribution in [3.63, 3.8) is 0 Å². The van der Waals surface area contributed by atoms with Crippen LogP contribution in [0.15, 0.2) is 41.5 Å². The van der Waals surface area contributed by atoms with Crippen LogP contribution in [0.4, 0.5) is 11.5 Å². The van der Waals surface area contributed by atoms with Crippen LogP contribution < -0.4 is 14.8 Å². The second kappa shape index (κ2) is 6.39. The van der Waals surface area contributed by atoms with Gasteiger partial charge in [-0.3, -0.25) is 9.52 Å². The van der Waals surface area contributed by atoms with Gasteiger partial charge in [-0.15, -0.1) is 0 Å². The van der Waals surface area contributed by atoms with E-state index in [2.05, 4.69) is 20.0 Å². The maximum Gasteiger partial charge on any atom is 0.263 e. The molecule has 116 valence electrons. The van der Waals surface area contributed by atoms with Gasteiger partial charge in [-0.05, 0) is 24.2 Å². The van der Waals surface area contributed by atoms with Gasteiger partial charge in [-0.25, -0.2) is 18.4 Å². The van der Waals surface area contributed by atoms with Crippen molar-refractivity contribution in [1.29, 1.82) is 0 Å². The van der Waals surface area contributed by atoms with Crippen LogP contribution in [-0.4, -0.2) is 31.4 Å². The summed E-state index contributed by atoms with van der Waals surface area (Å²) in [6, 6.07) is -1.87. The fourth-order valence-corrected chi connectivity index (χ4v) is 2.23. The number of hydrogen-bond acceptors (Lipinski definition) is 6. The summed E-state index contributed by atoms with van der Waals surface area (Å²) in [5.74, 6) is -0.717. The molecule has 0 fully saturated rings. The fraction of sp³-hybridized carbons (Fsp3) is 0.154. The Morgan fingerprint density at radius 2 is 1.95 bits per heavy atom. The van der Waals surface area contributed by atoms with E-state index in [1.807, 2.05) is 0 Å². The van der Waals surface area contributed by atoms with Gasteiger partial charge < -0.3 is 10.1 Å². The molecule has 0 aliphatic rings. The van der Waals surface area contributed by atoms with Crippen molar-refractivity contribution in [3.8, 4) is 5.88 Å². The van der Waals surface area contributed by atoms with Crippen molar-refractivity contribution < 1.29 is 23.4 Å². The number of nitrogens with zero attached hydrogens (tertiary/aromatic N) is 2. The zero-order valence-electron chi connectivity index (χ0n) is 15.6. The first-order chi connectivity index (χ1) is 12.1. The summed E-state index contributed by atoms with van der Waals surface area (Å²) in [4.78, 5) is 17.7. The minimum Gasteiger partial charge on any atom is -0.481 e. The average molecular weight is 326 g/mol. The van der Waals surface area contributed by atoms with E-state index in [-0.39, 0.29) is 11.7 Å². The van der Waals surface area contributed by atoms with Gasteiger partial charge in [0.05, 0.1) is 17.5 Å². The second-order valence-corrected chi connectivity index (χ2v) is 5.56. The molecule has 0 saturated heterocycles. The normalized spacial score (nSPS) is 13.4. The molecule has 1 aromatic carbocycles. The van der Waals surface area contributed by atoms with E-state index in [1.165, 1.54) is 13.2 Å². The average Bonchev–Trinajstić information content (AvgIpc) is 2.56. The zero-order valence-corrected chi connectivity index (χ0v) is 12.4. The zero-order chi connectivity index (χ0) is 19.6. The Morgan fingerprint density at radius 3 is 2.55 bits per heavy atom. The molecule has 0 bridgehead atoms. The Hall–Kier alpha value is -2.68. The first kappa shape index (κ1) is 11.0. The summed E-state index contributed by atoms with van der Waals surface area (Å²) in [6.07, 6.45) is 1.05. The lowest BCUT2D eigenvalue weighted by Gasteiger charge is -2.08. The number of amides is 1. The third kappa shape index (κ3) is 3.92. The largest absolute Gasteiger partial charge is 0.481 e. The molecule has 1 heterocycles. The van der Waals surface area contributed by atoms with Crippen molar-refractivity contribution in [1.82, 2.24) is 9.97 Å². The molecule has 0 aliphatic heterocycles. The van der Waals surface area contributed by atoms with Crippen molar-refractivity contribution in [3.05, 3.63) is 36.6 Å². The van der Waals surface area contributed by atoms with E-state index in [9.17, 15) is 13.2 Å². The minimum absolute atomic E-state index is 0.0817. The van der Waals surface area contributed by atoms with Crippen molar-refractivity contribution >= 4 is 27.4 Å². The molecular weight excluding hydrogens is 308 g/mol. The molecular formula is C13H14N4O4S. The van der Waals surface area contributed by atoms with Crippen LogP contribution in [0.5, 0.6) is 5.88 Å². The van der Waals surface area contributed by atoms with Gasteiger partial charge in [0.15, 0.2) is 0 Å². The monoisotopic (exact) mass is 326 g/mol. The van der Waals surface area contributed by atoms with Gasteiger partial charge in [-0.2, -0.15) is 0 Å². The fourth-order valence-electron chi connectivity index (χ4n) is 1.37. The molecule has 1 aromatic heterocycles. The Labute approximate surface area is 133 Å². The molecule has 9 heteroatoms. The highest BCUT2D eigenvalue weighted by atomic mass is 32.2. The lowest BCUT2D eigenvalue weighted by atomic mass is 10.3. The molecule has 0 radical (unpaired) electrons. The van der Waals surface area contributed by atoms with Crippen LogP contribution in [0.1, 0.15) is 12.4 Å². The number of hydrogen-bond donors (Lipinski definition) is 2. The Morgan fingerprint density at radius 1 is 1.27 bits per heavy atom. The summed E-state index contributed by atoms with van der Waals surface area (Å²) < 4.78 is 63.5. The highest BCUT2D eigenvalue weighted by Gasteiger charge is 2.15. The quantitative estimate of drug-likeness (QED) is 0.855. The number of rotatable bonds is 5. The maximum absolute atomic E-state index is 12.6. The van der Waals surface area contributed by atoms with Crippen LogP contribution in [0.3, 0.4) is 0 Å². The summed E-state index contributed by atoms with van der Waals surface area (Å²) >= 11 is 0. The molecule has 0 saturated carbocycles. The highest BCUT2D eigenvalue weighted by Crippen LogP contribution is 2.18. The molecule has 0 unspecified atom stereocenters. The summed E-state index contributed by atoms with van der Waals surface area (Å²) in [5.41, 5.74) is -0.407. The predicted octanol–water partition coefficient (Wildman–Crippen LogP) is 1.24. The molecule has 8 nitrogen and oxygen atoms in total. The number of sulfonamides is 1. The van der Waals surface area contributed by atoms with Crippen LogP contribution in [0, 0.1) is 0 Å². The van der Waals surface area contributed by atoms with Crippen molar-refractivity contribution in [2.45, 2.75) is 11.8 Å². The molecule has 0 aliphatic carbocycles. The van der Waals surface area contributed by atoms with E-state index < -0.39 is 50.7 Å². The molecule has 22 heavy (non-hydrogen) atoms. The summed E-state index contributed by atoms with van der Waals surface area (Å²) in [5, 5.41) is 2.16. The SMILES string of the molecule is [2H]c1c([2H])c(S(=O)(=O)Nc2cc(OC)ncn2)c([2H])c([2H])c1NC(C)=O. The van der Waals surface area contributed by atoms with Crippen LogP contribution in [-0.2, 0) is 14.8 Å². The Kier molecular flexibility index (Phi) is 3.19. The molecule has 2 N–H and O–H groups in total. The van der Waals surface area contributed by atoms with Gasteiger partial charge in [0.2, 0.25) is 11.8 Å². The molecule has 1 amide bonds. The van der Waals surface area contributed by atoms with Gasteiger partial charge in [0.1, 0.15) is 12.1 Å². The van der Waals surface area contributed by atoms with Crippen molar-refractivity contribution in [2.75, 3.05) is 17.1 Å². The molecule has 0 spiro atoms. The van der Waals surface area contributed by atoms with E-state index in [0.29, 0.717) is 0 Å². The van der Waals surface area contributed by atoms with E-state index in [0.717, 1.165) is 13.3 Å². The van der Waals surface area contributed by atoms with Crippen molar-refractivity contribution in [2.24, 2.45) is 0 Å². The number of anilines is 2. The molecule has 0 atom stereocenters. The van der Waals surface area contributed by atoms with Crippen LogP contribution in [0.2, 0.25) is 0 Å². The maximum atomic E-state index is 12.6. The predicted molar refractivity (Wildman–Crippen MR) is 80.1 cm³/mol. The lowest BCUT2D eigenvalue weighted by molar-refractivity contribution is -0.114. The first-order valence-corrected chi connectivity index (χ1v) is 7.33. The lowest BCUT2D eigenvalue weighted by Crippen LogP contribution is -2.14. The topological polar surface area (TPSA) is 110 Å². The highest BCUT2D eigenvalue weighted by molar-refractivity contribution is 7.92. The summed E-state index contributed by atoms with van der Waals surface area (Å²) in [7, 11) is -3.19. The van der Waals surface area contributed by atoms with E-state index >= 15 is 0 Å². The smallest absolute Gasteiger partial charge is 0.263 e. The van der Waals surface area contributed by atoms with Crippen LogP contribution >= 0.6 is 0 Å². The third-order valence-electron chi connectivity index (χ3n) is 2.26. The van der Waals surface area contributed by atoms with Gasteiger partial charge in [-0.1, -0.05) is 0 Å². The van der Waals surface area contributed by atoms with E-state index in [4.69, 9.17) is 10.2 Å². The number of methoxy groups -OCH3 is 1. The number of aromatic nitrogens is 2. The number of carbonyl (C=O) groups excluding carboxylic acids is 1. The third-order valence-corrected chi connectivity index (χ3v) is 3.48.